The average Bonchev–Trinajstić information content (AvgIpc) is 2.48. The Kier molecular flexibility index (Phi) is 4.29. The molecule has 0 bridgehead atoms. The van der Waals surface area contributed by atoms with Crippen molar-refractivity contribution in [3.05, 3.63) is 23.5 Å². The molecule has 0 amide bonds. The minimum Gasteiger partial charge on any atom is -0.467 e. The van der Waals surface area contributed by atoms with Crippen molar-refractivity contribution in [3.63, 3.8) is 0 Å². The van der Waals surface area contributed by atoms with Crippen LogP contribution >= 0.6 is 0 Å². The molecule has 0 aliphatic rings. The summed E-state index contributed by atoms with van der Waals surface area (Å²) in [5.74, 6) is 1.01. The number of nitrogens with zero attached hydrogens (tertiary/aromatic N) is 4. The molecule has 1 N–H and O–H groups in total. The third-order valence-electron chi connectivity index (χ3n) is 2.61. The second-order valence-corrected chi connectivity index (χ2v) is 4.03. The summed E-state index contributed by atoms with van der Waals surface area (Å²) >= 11 is 0. The van der Waals surface area contributed by atoms with Crippen molar-refractivity contribution in [1.82, 2.24) is 19.9 Å². The second-order valence-electron chi connectivity index (χ2n) is 4.03. The smallest absolute Gasteiger partial charge is 0.330 e. The fraction of sp³-hybridized carbons (Fsp3) is 0.385. The number of nitrogens with one attached hydrogen (secondary N) is 1. The largest absolute Gasteiger partial charge is 0.467 e. The topological polar surface area (TPSA) is 82.1 Å². The van der Waals surface area contributed by atoms with Gasteiger partial charge in [-0.25, -0.2) is 0 Å². The highest BCUT2D eigenvalue weighted by Crippen LogP contribution is 2.24. The zero-order valence-electron chi connectivity index (χ0n) is 12.0. The molecule has 0 saturated heterocycles. The third kappa shape index (κ3) is 3.11. The molecule has 0 fully saturated rings. The van der Waals surface area contributed by atoms with Crippen LogP contribution in [0.5, 0.6) is 17.8 Å². The summed E-state index contributed by atoms with van der Waals surface area (Å²) < 4.78 is 10.7. The van der Waals surface area contributed by atoms with Gasteiger partial charge in [0.15, 0.2) is 5.75 Å². The highest BCUT2D eigenvalue weighted by atomic mass is 16.5. The molecule has 7 heteroatoms. The maximum absolute atomic E-state index is 5.70. The molecule has 2 aromatic rings. The molecule has 106 valence electrons. The van der Waals surface area contributed by atoms with E-state index in [9.17, 15) is 0 Å². The highest BCUT2D eigenvalue weighted by Gasteiger charge is 2.11. The summed E-state index contributed by atoms with van der Waals surface area (Å²) in [7, 11) is 3.20. The maximum atomic E-state index is 5.70. The van der Waals surface area contributed by atoms with E-state index in [1.54, 1.807) is 7.05 Å². The van der Waals surface area contributed by atoms with Gasteiger partial charge in [0.1, 0.15) is 0 Å². The molecular formula is C13H17N5O2. The summed E-state index contributed by atoms with van der Waals surface area (Å²) in [4.78, 5) is 16.6. The number of anilines is 1. The first-order valence-corrected chi connectivity index (χ1v) is 6.28. The second kappa shape index (κ2) is 6.14. The summed E-state index contributed by atoms with van der Waals surface area (Å²) in [6, 6.07) is 4.10. The van der Waals surface area contributed by atoms with Gasteiger partial charge in [0.05, 0.1) is 12.8 Å². The van der Waals surface area contributed by atoms with Crippen LogP contribution in [0.2, 0.25) is 0 Å². The number of hydrogen-bond acceptors (Lipinski definition) is 7. The molecule has 0 aromatic carbocycles. The number of ether oxygens (including phenoxy) is 2. The summed E-state index contributed by atoms with van der Waals surface area (Å²) in [5.41, 5.74) is 1.80. The van der Waals surface area contributed by atoms with Crippen molar-refractivity contribution < 1.29 is 9.47 Å². The molecular weight excluding hydrogens is 258 g/mol. The van der Waals surface area contributed by atoms with Crippen molar-refractivity contribution in [2.75, 3.05) is 19.5 Å². The lowest BCUT2D eigenvalue weighted by atomic mass is 10.2. The van der Waals surface area contributed by atoms with Gasteiger partial charge < -0.3 is 14.8 Å². The maximum Gasteiger partial charge on any atom is 0.330 e. The number of hydrogen-bond donors (Lipinski definition) is 1. The number of rotatable bonds is 5. The molecule has 0 atom stereocenters. The SMILES string of the molecule is CCc1nc(C)ccc1Oc1nc(NC)nc(OC)n1. The first-order valence-electron chi connectivity index (χ1n) is 6.28. The molecule has 20 heavy (non-hydrogen) atoms. The number of aromatic nitrogens is 4. The zero-order chi connectivity index (χ0) is 14.5. The number of aryl methyl sites for hydroxylation is 2. The molecule has 2 heterocycles. The van der Waals surface area contributed by atoms with Gasteiger partial charge in [0.25, 0.3) is 0 Å². The first kappa shape index (κ1) is 14.0. The number of pyridine rings is 1. The van der Waals surface area contributed by atoms with Gasteiger partial charge in [-0.15, -0.1) is 4.98 Å². The van der Waals surface area contributed by atoms with Crippen molar-refractivity contribution in [3.8, 4) is 17.8 Å². The fourth-order valence-corrected chi connectivity index (χ4v) is 1.63. The van der Waals surface area contributed by atoms with Gasteiger partial charge in [-0.1, -0.05) is 6.92 Å². The summed E-state index contributed by atoms with van der Waals surface area (Å²) in [6.45, 7) is 3.95. The normalized spacial score (nSPS) is 10.2. The van der Waals surface area contributed by atoms with Crippen LogP contribution in [-0.4, -0.2) is 34.1 Å². The Labute approximate surface area is 117 Å². The molecule has 0 saturated carbocycles. The quantitative estimate of drug-likeness (QED) is 0.893. The van der Waals surface area contributed by atoms with Gasteiger partial charge in [0, 0.05) is 12.7 Å². The van der Waals surface area contributed by atoms with Crippen LogP contribution in [0.15, 0.2) is 12.1 Å². The van der Waals surface area contributed by atoms with Gasteiger partial charge >= 0.3 is 12.0 Å². The van der Waals surface area contributed by atoms with Gasteiger partial charge in [-0.05, 0) is 25.5 Å². The average molecular weight is 275 g/mol. The Hall–Kier alpha value is -2.44. The summed E-state index contributed by atoms with van der Waals surface area (Å²) in [5, 5.41) is 2.83. The minimum atomic E-state index is 0.168. The zero-order valence-corrected chi connectivity index (χ0v) is 12.0. The Balaban J connectivity index is 2.34. The van der Waals surface area contributed by atoms with Crippen LogP contribution in [0.1, 0.15) is 18.3 Å². The van der Waals surface area contributed by atoms with E-state index in [-0.39, 0.29) is 12.0 Å². The minimum absolute atomic E-state index is 0.168. The highest BCUT2D eigenvalue weighted by molar-refractivity contribution is 5.33. The van der Waals surface area contributed by atoms with E-state index in [4.69, 9.17) is 9.47 Å². The van der Waals surface area contributed by atoms with Crippen molar-refractivity contribution in [2.45, 2.75) is 20.3 Å². The van der Waals surface area contributed by atoms with E-state index in [2.05, 4.69) is 25.3 Å². The van der Waals surface area contributed by atoms with Gasteiger partial charge in [-0.2, -0.15) is 9.97 Å². The predicted molar refractivity (Wildman–Crippen MR) is 74.4 cm³/mol. The molecule has 0 unspecified atom stereocenters. The number of methoxy groups -OCH3 is 1. The standard InChI is InChI=1S/C13H17N5O2/c1-5-9-10(7-6-8(2)15-9)20-13-17-11(14-3)16-12(18-13)19-4/h6-7H,5H2,1-4H3,(H,14,16,17,18). The molecule has 0 aliphatic carbocycles. The molecule has 0 aliphatic heterocycles. The van der Waals surface area contributed by atoms with Gasteiger partial charge in [-0.3, -0.25) is 4.98 Å². The van der Waals surface area contributed by atoms with Crippen molar-refractivity contribution in [2.24, 2.45) is 0 Å². The monoisotopic (exact) mass is 275 g/mol. The Morgan fingerprint density at radius 3 is 2.50 bits per heavy atom. The van der Waals surface area contributed by atoms with E-state index in [0.717, 1.165) is 17.8 Å². The lowest BCUT2D eigenvalue weighted by molar-refractivity contribution is 0.359. The molecule has 7 nitrogen and oxygen atoms in total. The lowest BCUT2D eigenvalue weighted by Gasteiger charge is -2.10. The van der Waals surface area contributed by atoms with Crippen molar-refractivity contribution >= 4 is 5.95 Å². The van der Waals surface area contributed by atoms with Crippen LogP contribution in [-0.2, 0) is 6.42 Å². The molecule has 2 rings (SSSR count). The Morgan fingerprint density at radius 1 is 1.10 bits per heavy atom. The van der Waals surface area contributed by atoms with E-state index < -0.39 is 0 Å². The van der Waals surface area contributed by atoms with Gasteiger partial charge in [0.2, 0.25) is 5.95 Å². The van der Waals surface area contributed by atoms with Crippen LogP contribution < -0.4 is 14.8 Å². The van der Waals surface area contributed by atoms with E-state index in [1.807, 2.05) is 26.0 Å². The van der Waals surface area contributed by atoms with E-state index in [1.165, 1.54) is 7.11 Å². The van der Waals surface area contributed by atoms with E-state index >= 15 is 0 Å². The Morgan fingerprint density at radius 2 is 1.85 bits per heavy atom. The van der Waals surface area contributed by atoms with Crippen LogP contribution in [0.3, 0.4) is 0 Å². The molecule has 0 spiro atoms. The molecule has 2 aromatic heterocycles. The van der Waals surface area contributed by atoms with Crippen LogP contribution in [0.25, 0.3) is 0 Å². The third-order valence-corrected chi connectivity index (χ3v) is 2.61. The van der Waals surface area contributed by atoms with Crippen LogP contribution in [0, 0.1) is 6.92 Å². The van der Waals surface area contributed by atoms with E-state index in [0.29, 0.717) is 11.7 Å². The summed E-state index contributed by atoms with van der Waals surface area (Å²) in [6.07, 6.45) is 0.762. The Bertz CT molecular complexity index is 581. The first-order chi connectivity index (χ1) is 9.66. The predicted octanol–water partition coefficient (Wildman–Crippen LogP) is 1.98. The lowest BCUT2D eigenvalue weighted by Crippen LogP contribution is -2.04. The fourth-order valence-electron chi connectivity index (χ4n) is 1.63. The van der Waals surface area contributed by atoms with Crippen molar-refractivity contribution in [1.29, 1.82) is 0 Å². The van der Waals surface area contributed by atoms with Crippen LogP contribution in [0.4, 0.5) is 5.95 Å². The molecule has 0 radical (unpaired) electrons.